The predicted octanol–water partition coefficient (Wildman–Crippen LogP) is 2.48. The van der Waals surface area contributed by atoms with Crippen molar-refractivity contribution < 1.29 is 4.79 Å². The van der Waals surface area contributed by atoms with E-state index in [0.717, 1.165) is 44.0 Å². The van der Waals surface area contributed by atoms with Crippen molar-refractivity contribution in [1.82, 2.24) is 20.1 Å². The van der Waals surface area contributed by atoms with Gasteiger partial charge in [-0.2, -0.15) is 0 Å². The predicted molar refractivity (Wildman–Crippen MR) is 104 cm³/mol. The first-order valence-corrected chi connectivity index (χ1v) is 9.35. The number of pyridine rings is 1. The number of carbonyl (C=O) groups is 1. The first kappa shape index (κ1) is 18.8. The second-order valence-electron chi connectivity index (χ2n) is 6.67. The molecule has 0 atom stereocenters. The molecule has 138 valence electrons. The molecule has 3 rings (SSSR count). The van der Waals surface area contributed by atoms with Gasteiger partial charge in [-0.15, -0.1) is 0 Å². The summed E-state index contributed by atoms with van der Waals surface area (Å²) in [6.07, 6.45) is 1.83. The SMILES string of the molecule is Cc1ncccc1CN1CCN(CC(=O)NCc2ccccc2Cl)CC1. The first-order chi connectivity index (χ1) is 12.6. The number of nitrogens with one attached hydrogen (secondary N) is 1. The zero-order valence-corrected chi connectivity index (χ0v) is 15.9. The van der Waals surface area contributed by atoms with Crippen molar-refractivity contribution in [2.24, 2.45) is 0 Å². The van der Waals surface area contributed by atoms with Gasteiger partial charge < -0.3 is 5.32 Å². The van der Waals surface area contributed by atoms with Crippen molar-refractivity contribution in [2.45, 2.75) is 20.0 Å². The van der Waals surface area contributed by atoms with Gasteiger partial charge in [0.1, 0.15) is 0 Å². The molecule has 1 amide bonds. The van der Waals surface area contributed by atoms with Crippen molar-refractivity contribution in [2.75, 3.05) is 32.7 Å². The Bertz CT molecular complexity index is 744. The molecule has 0 unspecified atom stereocenters. The van der Waals surface area contributed by atoms with Gasteiger partial charge in [0.25, 0.3) is 0 Å². The third kappa shape index (κ3) is 5.27. The molecule has 1 aliphatic rings. The van der Waals surface area contributed by atoms with Crippen molar-refractivity contribution in [3.63, 3.8) is 0 Å². The standard InChI is InChI=1S/C20H25ClN4O/c1-16-18(6-4-8-22-16)14-24-9-11-25(12-10-24)15-20(26)23-13-17-5-2-3-7-19(17)21/h2-8H,9-15H2,1H3,(H,23,26). The molecule has 2 aromatic rings. The van der Waals surface area contributed by atoms with E-state index in [2.05, 4.69) is 33.1 Å². The zero-order chi connectivity index (χ0) is 18.4. The number of amides is 1. The van der Waals surface area contributed by atoms with Gasteiger partial charge in [-0.1, -0.05) is 35.9 Å². The molecule has 1 aromatic heterocycles. The zero-order valence-electron chi connectivity index (χ0n) is 15.1. The monoisotopic (exact) mass is 372 g/mol. The molecule has 0 bridgehead atoms. The van der Waals surface area contributed by atoms with Gasteiger partial charge in [-0.05, 0) is 30.2 Å². The van der Waals surface area contributed by atoms with Crippen LogP contribution in [0.4, 0.5) is 0 Å². The Labute approximate surface area is 160 Å². The number of piperazine rings is 1. The van der Waals surface area contributed by atoms with E-state index in [9.17, 15) is 4.79 Å². The molecule has 1 aliphatic heterocycles. The lowest BCUT2D eigenvalue weighted by Gasteiger charge is -2.34. The van der Waals surface area contributed by atoms with E-state index in [0.29, 0.717) is 18.1 Å². The van der Waals surface area contributed by atoms with Gasteiger partial charge >= 0.3 is 0 Å². The summed E-state index contributed by atoms with van der Waals surface area (Å²) < 4.78 is 0. The molecular weight excluding hydrogens is 348 g/mol. The Balaban J connectivity index is 1.40. The number of carbonyl (C=O) groups excluding carboxylic acids is 1. The molecule has 0 aliphatic carbocycles. The summed E-state index contributed by atoms with van der Waals surface area (Å²) in [6, 6.07) is 11.7. The van der Waals surface area contributed by atoms with E-state index in [-0.39, 0.29) is 5.91 Å². The Kier molecular flexibility index (Phi) is 6.61. The van der Waals surface area contributed by atoms with E-state index in [4.69, 9.17) is 11.6 Å². The third-order valence-corrected chi connectivity index (χ3v) is 5.15. The number of halogens is 1. The van der Waals surface area contributed by atoms with E-state index in [1.165, 1.54) is 5.56 Å². The topological polar surface area (TPSA) is 48.5 Å². The fraction of sp³-hybridized carbons (Fsp3) is 0.400. The van der Waals surface area contributed by atoms with E-state index >= 15 is 0 Å². The van der Waals surface area contributed by atoms with Gasteiger partial charge in [0.2, 0.25) is 5.91 Å². The maximum atomic E-state index is 12.2. The molecule has 1 fully saturated rings. The molecule has 26 heavy (non-hydrogen) atoms. The lowest BCUT2D eigenvalue weighted by Crippen LogP contribution is -2.49. The Morgan fingerprint density at radius 3 is 2.50 bits per heavy atom. The Morgan fingerprint density at radius 2 is 1.77 bits per heavy atom. The van der Waals surface area contributed by atoms with Crippen LogP contribution >= 0.6 is 11.6 Å². The second kappa shape index (κ2) is 9.12. The normalized spacial score (nSPS) is 15.8. The second-order valence-corrected chi connectivity index (χ2v) is 7.08. The largest absolute Gasteiger partial charge is 0.351 e. The minimum atomic E-state index is 0.0430. The van der Waals surface area contributed by atoms with E-state index in [1.807, 2.05) is 36.5 Å². The first-order valence-electron chi connectivity index (χ1n) is 8.97. The highest BCUT2D eigenvalue weighted by Crippen LogP contribution is 2.14. The van der Waals surface area contributed by atoms with Crippen molar-refractivity contribution in [3.05, 3.63) is 64.4 Å². The average Bonchev–Trinajstić information content (AvgIpc) is 2.64. The molecule has 1 aromatic carbocycles. The number of aromatic nitrogens is 1. The van der Waals surface area contributed by atoms with Crippen molar-refractivity contribution in [1.29, 1.82) is 0 Å². The molecular formula is C20H25ClN4O. The number of hydrogen-bond acceptors (Lipinski definition) is 4. The van der Waals surface area contributed by atoms with Crippen LogP contribution in [0.25, 0.3) is 0 Å². The van der Waals surface area contributed by atoms with Crippen LogP contribution < -0.4 is 5.32 Å². The Hall–Kier alpha value is -1.95. The molecule has 0 saturated carbocycles. The van der Waals surface area contributed by atoms with Crippen LogP contribution in [-0.2, 0) is 17.9 Å². The summed E-state index contributed by atoms with van der Waals surface area (Å²) in [5, 5.41) is 3.65. The fourth-order valence-corrected chi connectivity index (χ4v) is 3.33. The van der Waals surface area contributed by atoms with Crippen molar-refractivity contribution in [3.8, 4) is 0 Å². The van der Waals surface area contributed by atoms with Gasteiger partial charge in [0, 0.05) is 56.2 Å². The molecule has 0 spiro atoms. The minimum absolute atomic E-state index is 0.0430. The summed E-state index contributed by atoms with van der Waals surface area (Å²) in [7, 11) is 0. The van der Waals surface area contributed by atoms with Crippen LogP contribution in [0.3, 0.4) is 0 Å². The molecule has 5 nitrogen and oxygen atoms in total. The van der Waals surface area contributed by atoms with E-state index in [1.54, 1.807) is 0 Å². The number of aryl methyl sites for hydroxylation is 1. The summed E-state index contributed by atoms with van der Waals surface area (Å²) in [6.45, 7) is 7.61. The lowest BCUT2D eigenvalue weighted by molar-refractivity contribution is -0.122. The van der Waals surface area contributed by atoms with Crippen LogP contribution in [-0.4, -0.2) is 53.4 Å². The molecule has 2 heterocycles. The van der Waals surface area contributed by atoms with Crippen molar-refractivity contribution >= 4 is 17.5 Å². The van der Waals surface area contributed by atoms with Gasteiger partial charge in [0.15, 0.2) is 0 Å². The smallest absolute Gasteiger partial charge is 0.234 e. The highest BCUT2D eigenvalue weighted by molar-refractivity contribution is 6.31. The van der Waals surface area contributed by atoms with Crippen LogP contribution in [0.2, 0.25) is 5.02 Å². The number of benzene rings is 1. The summed E-state index contributed by atoms with van der Waals surface area (Å²) in [5.41, 5.74) is 3.31. The highest BCUT2D eigenvalue weighted by atomic mass is 35.5. The Morgan fingerprint density at radius 1 is 1.08 bits per heavy atom. The van der Waals surface area contributed by atoms with Gasteiger partial charge in [-0.3, -0.25) is 19.6 Å². The van der Waals surface area contributed by atoms with Gasteiger partial charge in [-0.25, -0.2) is 0 Å². The fourth-order valence-electron chi connectivity index (χ4n) is 3.13. The number of rotatable bonds is 6. The maximum Gasteiger partial charge on any atom is 0.234 e. The summed E-state index contributed by atoms with van der Waals surface area (Å²) >= 11 is 6.12. The maximum absolute atomic E-state index is 12.2. The quantitative estimate of drug-likeness (QED) is 0.846. The van der Waals surface area contributed by atoms with Crippen LogP contribution in [0.1, 0.15) is 16.8 Å². The highest BCUT2D eigenvalue weighted by Gasteiger charge is 2.19. The number of nitrogens with zero attached hydrogens (tertiary/aromatic N) is 3. The summed E-state index contributed by atoms with van der Waals surface area (Å²) in [4.78, 5) is 21.2. The minimum Gasteiger partial charge on any atom is -0.351 e. The molecule has 6 heteroatoms. The van der Waals surface area contributed by atoms with Gasteiger partial charge in [0.05, 0.1) is 6.54 Å². The number of hydrogen-bond donors (Lipinski definition) is 1. The summed E-state index contributed by atoms with van der Waals surface area (Å²) in [5.74, 6) is 0.0430. The van der Waals surface area contributed by atoms with Crippen LogP contribution in [0.15, 0.2) is 42.6 Å². The van der Waals surface area contributed by atoms with Crippen LogP contribution in [0.5, 0.6) is 0 Å². The molecule has 1 saturated heterocycles. The molecule has 1 N–H and O–H groups in total. The lowest BCUT2D eigenvalue weighted by atomic mass is 10.2. The van der Waals surface area contributed by atoms with E-state index < -0.39 is 0 Å². The van der Waals surface area contributed by atoms with Crippen LogP contribution in [0, 0.1) is 6.92 Å². The molecule has 0 radical (unpaired) electrons. The average molecular weight is 373 g/mol. The third-order valence-electron chi connectivity index (χ3n) is 4.78.